The fourth-order valence-corrected chi connectivity index (χ4v) is 8.17. The maximum Gasteiger partial charge on any atom is 0.261 e. The molecular weight excluding hydrogens is 340 g/mol. The molecule has 26 heavy (non-hydrogen) atoms. The highest BCUT2D eigenvalue weighted by Gasteiger charge is 2.49. The van der Waals surface area contributed by atoms with E-state index in [4.69, 9.17) is 13.9 Å². The first kappa shape index (κ1) is 20.8. The van der Waals surface area contributed by atoms with Crippen LogP contribution in [0.3, 0.4) is 0 Å². The predicted octanol–water partition coefficient (Wildman–Crippen LogP) is 3.96. The summed E-state index contributed by atoms with van der Waals surface area (Å²) in [6.07, 6.45) is 1.56. The van der Waals surface area contributed by atoms with Gasteiger partial charge in [0.2, 0.25) is 0 Å². The average molecular weight is 373 g/mol. The molecule has 0 saturated heterocycles. The third-order valence-electron chi connectivity index (χ3n) is 4.85. The fourth-order valence-electron chi connectivity index (χ4n) is 3.57. The zero-order valence-corrected chi connectivity index (χ0v) is 17.7. The Kier molecular flexibility index (Phi) is 7.59. The summed E-state index contributed by atoms with van der Waals surface area (Å²) < 4.78 is 17.4. The molecule has 0 spiro atoms. The van der Waals surface area contributed by atoms with Gasteiger partial charge < -0.3 is 13.9 Å². The molecule has 0 saturated carbocycles. The Morgan fingerprint density at radius 2 is 1.27 bits per heavy atom. The van der Waals surface area contributed by atoms with Crippen LogP contribution in [-0.2, 0) is 13.9 Å². The predicted molar refractivity (Wildman–Crippen MR) is 111 cm³/mol. The van der Waals surface area contributed by atoms with Crippen LogP contribution in [0.25, 0.3) is 0 Å². The van der Waals surface area contributed by atoms with E-state index in [-0.39, 0.29) is 11.3 Å². The molecule has 0 aliphatic rings. The number of hydrogen-bond donors (Lipinski definition) is 0. The second kappa shape index (κ2) is 9.47. The highest BCUT2D eigenvalue weighted by molar-refractivity contribution is 6.99. The van der Waals surface area contributed by atoms with Crippen LogP contribution in [0, 0.1) is 0 Å². The Morgan fingerprint density at radius 3 is 1.65 bits per heavy atom. The van der Waals surface area contributed by atoms with Crippen molar-refractivity contribution in [3.63, 3.8) is 0 Å². The number of hydrogen-bond acceptors (Lipinski definition) is 3. The van der Waals surface area contributed by atoms with E-state index in [0.717, 1.165) is 12.8 Å². The Labute approximate surface area is 159 Å². The third-order valence-corrected chi connectivity index (χ3v) is 9.89. The van der Waals surface area contributed by atoms with Gasteiger partial charge in [0.1, 0.15) is 0 Å². The minimum absolute atomic E-state index is 0.0115. The van der Waals surface area contributed by atoms with Gasteiger partial charge >= 0.3 is 0 Å². The van der Waals surface area contributed by atoms with E-state index in [2.05, 4.69) is 81.4 Å². The van der Waals surface area contributed by atoms with Crippen molar-refractivity contribution in [2.45, 2.75) is 44.9 Å². The maximum absolute atomic E-state index is 6.83. The summed E-state index contributed by atoms with van der Waals surface area (Å²) in [5.41, 5.74) is 0. The van der Waals surface area contributed by atoms with Crippen molar-refractivity contribution in [1.82, 2.24) is 0 Å². The van der Waals surface area contributed by atoms with Crippen molar-refractivity contribution in [3.05, 3.63) is 60.7 Å². The van der Waals surface area contributed by atoms with Crippen LogP contribution in [0.5, 0.6) is 0 Å². The topological polar surface area (TPSA) is 27.7 Å². The van der Waals surface area contributed by atoms with E-state index in [1.165, 1.54) is 10.4 Å². The molecule has 0 fully saturated rings. The normalized spacial score (nSPS) is 12.5. The lowest BCUT2D eigenvalue weighted by molar-refractivity contribution is -0.108. The molecule has 0 amide bonds. The first-order chi connectivity index (χ1) is 12.5. The molecule has 2 rings (SSSR count). The first-order valence-electron chi connectivity index (χ1n) is 9.26. The Bertz CT molecular complexity index is 594. The molecule has 0 atom stereocenters. The summed E-state index contributed by atoms with van der Waals surface area (Å²) in [6, 6.07) is 21.5. The van der Waals surface area contributed by atoms with Crippen LogP contribution in [0.15, 0.2) is 60.7 Å². The number of methoxy groups -OCH3 is 2. The average Bonchev–Trinajstić information content (AvgIpc) is 2.65. The lowest BCUT2D eigenvalue weighted by atomic mass is 10.2. The Balaban J connectivity index is 2.35. The van der Waals surface area contributed by atoms with Gasteiger partial charge in [0.25, 0.3) is 8.32 Å². The summed E-state index contributed by atoms with van der Waals surface area (Å²) >= 11 is 0. The van der Waals surface area contributed by atoms with Gasteiger partial charge in [-0.05, 0) is 21.8 Å². The van der Waals surface area contributed by atoms with Crippen LogP contribution >= 0.6 is 0 Å². The standard InChI is InChI=1S/C22H32O3Si/c1-22(2,3)26(19-13-8-6-9-14-19,20-15-10-7-11-16-20)25-18-12-17-21(23-4)24-5/h6-11,13-16,21H,12,17-18H2,1-5H3. The molecule has 2 aromatic carbocycles. The monoisotopic (exact) mass is 372 g/mol. The van der Waals surface area contributed by atoms with Crippen molar-refractivity contribution >= 4 is 18.7 Å². The molecule has 0 aromatic heterocycles. The molecule has 0 aliphatic heterocycles. The molecule has 4 heteroatoms. The van der Waals surface area contributed by atoms with E-state index < -0.39 is 8.32 Å². The van der Waals surface area contributed by atoms with E-state index in [1.807, 2.05) is 0 Å². The van der Waals surface area contributed by atoms with Gasteiger partial charge in [-0.25, -0.2) is 0 Å². The molecule has 3 nitrogen and oxygen atoms in total. The number of rotatable bonds is 9. The second-order valence-corrected chi connectivity index (χ2v) is 11.9. The smallest absolute Gasteiger partial charge is 0.261 e. The van der Waals surface area contributed by atoms with Crippen molar-refractivity contribution in [1.29, 1.82) is 0 Å². The van der Waals surface area contributed by atoms with Gasteiger partial charge in [-0.2, -0.15) is 0 Å². The first-order valence-corrected chi connectivity index (χ1v) is 11.2. The van der Waals surface area contributed by atoms with Crippen molar-refractivity contribution < 1.29 is 13.9 Å². The molecule has 0 aliphatic carbocycles. The van der Waals surface area contributed by atoms with E-state index in [1.54, 1.807) is 14.2 Å². The minimum Gasteiger partial charge on any atom is -0.407 e. The van der Waals surface area contributed by atoms with Gasteiger partial charge in [0.05, 0.1) is 0 Å². The quantitative estimate of drug-likeness (QED) is 0.379. The number of ether oxygens (including phenoxy) is 2. The molecule has 0 N–H and O–H groups in total. The lowest BCUT2D eigenvalue weighted by Gasteiger charge is -2.43. The molecule has 142 valence electrons. The third kappa shape index (κ3) is 4.63. The highest BCUT2D eigenvalue weighted by atomic mass is 28.4. The van der Waals surface area contributed by atoms with Crippen molar-refractivity contribution in [3.8, 4) is 0 Å². The van der Waals surface area contributed by atoms with Crippen LogP contribution in [0.1, 0.15) is 33.6 Å². The van der Waals surface area contributed by atoms with Gasteiger partial charge in [0.15, 0.2) is 6.29 Å². The Hall–Kier alpha value is -1.46. The summed E-state index contributed by atoms with van der Waals surface area (Å²) in [4.78, 5) is 0. The lowest BCUT2D eigenvalue weighted by Crippen LogP contribution is -2.66. The van der Waals surface area contributed by atoms with Gasteiger partial charge in [-0.3, -0.25) is 0 Å². The SMILES string of the molecule is COC(CCCO[Si](c1ccccc1)(c1ccccc1)C(C)(C)C)OC. The van der Waals surface area contributed by atoms with Crippen molar-refractivity contribution in [2.24, 2.45) is 0 Å². The van der Waals surface area contributed by atoms with Gasteiger partial charge in [0, 0.05) is 27.2 Å². The molecule has 0 heterocycles. The van der Waals surface area contributed by atoms with Gasteiger partial charge in [-0.15, -0.1) is 0 Å². The Morgan fingerprint density at radius 1 is 0.808 bits per heavy atom. The zero-order chi connectivity index (χ0) is 19.0. The number of benzene rings is 2. The highest BCUT2D eigenvalue weighted by Crippen LogP contribution is 2.36. The summed E-state index contributed by atoms with van der Waals surface area (Å²) in [6.45, 7) is 7.58. The van der Waals surface area contributed by atoms with Crippen LogP contribution in [0.4, 0.5) is 0 Å². The van der Waals surface area contributed by atoms with E-state index in [0.29, 0.717) is 6.61 Å². The van der Waals surface area contributed by atoms with Gasteiger partial charge in [-0.1, -0.05) is 81.4 Å². The fraction of sp³-hybridized carbons (Fsp3) is 0.455. The molecule has 0 radical (unpaired) electrons. The molecular formula is C22H32O3Si. The van der Waals surface area contributed by atoms with E-state index >= 15 is 0 Å². The molecule has 0 unspecified atom stereocenters. The zero-order valence-electron chi connectivity index (χ0n) is 16.7. The molecule has 2 aromatic rings. The largest absolute Gasteiger partial charge is 0.407 e. The summed E-state index contributed by atoms with van der Waals surface area (Å²) in [5.74, 6) is 0. The minimum atomic E-state index is -2.42. The molecule has 0 bridgehead atoms. The summed E-state index contributed by atoms with van der Waals surface area (Å²) in [7, 11) is 0.932. The second-order valence-electron chi connectivity index (χ2n) is 7.55. The van der Waals surface area contributed by atoms with Crippen LogP contribution < -0.4 is 10.4 Å². The maximum atomic E-state index is 6.83. The van der Waals surface area contributed by atoms with Crippen molar-refractivity contribution in [2.75, 3.05) is 20.8 Å². The van der Waals surface area contributed by atoms with E-state index in [9.17, 15) is 0 Å². The van der Waals surface area contributed by atoms with Crippen LogP contribution in [-0.4, -0.2) is 35.4 Å². The summed E-state index contributed by atoms with van der Waals surface area (Å²) in [5, 5.41) is 2.64. The van der Waals surface area contributed by atoms with Crippen LogP contribution in [0.2, 0.25) is 5.04 Å².